The molecule has 2 aromatic rings. The van der Waals surface area contributed by atoms with E-state index in [1.165, 1.54) is 0 Å². The second kappa shape index (κ2) is 9.90. The summed E-state index contributed by atoms with van der Waals surface area (Å²) in [7, 11) is 0. The van der Waals surface area contributed by atoms with Gasteiger partial charge in [-0.15, -0.1) is 0 Å². The van der Waals surface area contributed by atoms with E-state index >= 15 is 0 Å². The molecule has 1 atom stereocenters. The van der Waals surface area contributed by atoms with E-state index in [0.29, 0.717) is 24.7 Å². The van der Waals surface area contributed by atoms with Crippen LogP contribution in [-0.2, 0) is 4.74 Å². The number of amides is 1. The number of para-hydroxylation sites is 1. The molecule has 0 radical (unpaired) electrons. The van der Waals surface area contributed by atoms with Gasteiger partial charge in [-0.3, -0.25) is 10.1 Å². The normalized spacial score (nSPS) is 16.6. The van der Waals surface area contributed by atoms with Crippen LogP contribution < -0.4 is 15.4 Å². The van der Waals surface area contributed by atoms with E-state index in [2.05, 4.69) is 15.6 Å². The fraction of sp³-hybridized carbons (Fsp3) is 0.364. The molecule has 2 aromatic carbocycles. The molecule has 1 heterocycles. The lowest BCUT2D eigenvalue weighted by molar-refractivity contribution is 0.0975. The van der Waals surface area contributed by atoms with Crippen molar-refractivity contribution in [2.75, 3.05) is 25.1 Å². The summed E-state index contributed by atoms with van der Waals surface area (Å²) in [5, 5.41) is 6.13. The van der Waals surface area contributed by atoms with Crippen LogP contribution in [0.25, 0.3) is 0 Å². The van der Waals surface area contributed by atoms with Gasteiger partial charge in [0.1, 0.15) is 5.75 Å². The minimum absolute atomic E-state index is 0.107. The predicted octanol–water partition coefficient (Wildman–Crippen LogP) is 3.77. The Morgan fingerprint density at radius 3 is 2.68 bits per heavy atom. The first-order valence-corrected chi connectivity index (χ1v) is 9.68. The third-order valence-electron chi connectivity index (χ3n) is 4.53. The zero-order valence-corrected chi connectivity index (χ0v) is 16.4. The van der Waals surface area contributed by atoms with Gasteiger partial charge in [-0.25, -0.2) is 4.99 Å². The summed E-state index contributed by atoms with van der Waals surface area (Å²) in [5.74, 6) is 0.934. The summed E-state index contributed by atoms with van der Waals surface area (Å²) >= 11 is 0. The average Bonchev–Trinajstić information content (AvgIpc) is 3.22. The van der Waals surface area contributed by atoms with Crippen molar-refractivity contribution in [2.24, 2.45) is 4.99 Å². The van der Waals surface area contributed by atoms with Crippen LogP contribution in [0.3, 0.4) is 0 Å². The molecule has 148 valence electrons. The van der Waals surface area contributed by atoms with Crippen LogP contribution in [0.15, 0.2) is 53.5 Å². The Labute approximate surface area is 166 Å². The summed E-state index contributed by atoms with van der Waals surface area (Å²) in [6.45, 7) is 5.81. The fourth-order valence-corrected chi connectivity index (χ4v) is 2.98. The van der Waals surface area contributed by atoms with E-state index in [4.69, 9.17) is 9.47 Å². The highest BCUT2D eigenvalue weighted by molar-refractivity contribution is 6.10. The molecule has 28 heavy (non-hydrogen) atoms. The van der Waals surface area contributed by atoms with Crippen LogP contribution in [0, 0.1) is 6.92 Å². The summed E-state index contributed by atoms with van der Waals surface area (Å²) in [4.78, 5) is 17.3. The molecule has 1 aliphatic rings. The highest BCUT2D eigenvalue weighted by Gasteiger charge is 2.16. The molecule has 0 spiro atoms. The van der Waals surface area contributed by atoms with Crippen molar-refractivity contribution in [1.82, 2.24) is 5.32 Å². The van der Waals surface area contributed by atoms with Gasteiger partial charge in [0.15, 0.2) is 0 Å². The first-order valence-electron chi connectivity index (χ1n) is 9.68. The molecule has 1 aliphatic heterocycles. The van der Waals surface area contributed by atoms with Crippen molar-refractivity contribution in [2.45, 2.75) is 32.8 Å². The minimum Gasteiger partial charge on any atom is -0.494 e. The van der Waals surface area contributed by atoms with E-state index < -0.39 is 0 Å². The number of rotatable bonds is 6. The first kappa shape index (κ1) is 19.9. The first-order chi connectivity index (χ1) is 13.7. The maximum atomic E-state index is 12.7. The maximum absolute atomic E-state index is 12.7. The van der Waals surface area contributed by atoms with E-state index in [1.807, 2.05) is 38.1 Å². The third kappa shape index (κ3) is 5.57. The summed E-state index contributed by atoms with van der Waals surface area (Å²) in [6, 6.07) is 14.9. The lowest BCUT2D eigenvalue weighted by atomic mass is 10.2. The Balaban J connectivity index is 1.72. The van der Waals surface area contributed by atoms with Crippen molar-refractivity contribution in [3.05, 3.63) is 59.7 Å². The number of nitrogens with one attached hydrogen (secondary N) is 2. The number of guanidine groups is 1. The van der Waals surface area contributed by atoms with E-state index in [9.17, 15) is 4.79 Å². The number of hydrogen-bond acceptors (Lipinski definition) is 4. The quantitative estimate of drug-likeness (QED) is 0.590. The smallest absolute Gasteiger partial charge is 0.257 e. The number of ether oxygens (including phenoxy) is 2. The summed E-state index contributed by atoms with van der Waals surface area (Å²) in [6.07, 6.45) is 2.16. The molecule has 1 saturated heterocycles. The molecule has 6 heteroatoms. The second-order valence-electron chi connectivity index (χ2n) is 6.68. The molecular formula is C22H27N3O3. The van der Waals surface area contributed by atoms with Crippen LogP contribution in [-0.4, -0.2) is 37.7 Å². The largest absolute Gasteiger partial charge is 0.494 e. The van der Waals surface area contributed by atoms with Crippen molar-refractivity contribution < 1.29 is 14.3 Å². The topological polar surface area (TPSA) is 72.0 Å². The van der Waals surface area contributed by atoms with Crippen LogP contribution in [0.5, 0.6) is 5.75 Å². The van der Waals surface area contributed by atoms with Crippen molar-refractivity contribution in [1.29, 1.82) is 0 Å². The van der Waals surface area contributed by atoms with Crippen molar-refractivity contribution in [3.63, 3.8) is 0 Å². The van der Waals surface area contributed by atoms with Crippen LogP contribution in [0.1, 0.15) is 35.7 Å². The Morgan fingerprint density at radius 1 is 1.21 bits per heavy atom. The molecule has 6 nitrogen and oxygen atoms in total. The van der Waals surface area contributed by atoms with Gasteiger partial charge in [0.2, 0.25) is 5.96 Å². The maximum Gasteiger partial charge on any atom is 0.257 e. The molecule has 0 aromatic heterocycles. The minimum atomic E-state index is -0.227. The highest BCUT2D eigenvalue weighted by Crippen LogP contribution is 2.15. The van der Waals surface area contributed by atoms with Gasteiger partial charge < -0.3 is 14.8 Å². The van der Waals surface area contributed by atoms with Gasteiger partial charge in [-0.05, 0) is 62.6 Å². The van der Waals surface area contributed by atoms with E-state index in [0.717, 1.165) is 36.4 Å². The number of anilines is 1. The Hall–Kier alpha value is -2.86. The van der Waals surface area contributed by atoms with Gasteiger partial charge >= 0.3 is 0 Å². The number of carbonyl (C=O) groups excluding carboxylic acids is 1. The third-order valence-corrected chi connectivity index (χ3v) is 4.53. The van der Waals surface area contributed by atoms with Gasteiger partial charge in [-0.1, -0.05) is 18.2 Å². The molecule has 0 aliphatic carbocycles. The Kier molecular flexibility index (Phi) is 7.03. The van der Waals surface area contributed by atoms with Gasteiger partial charge in [0, 0.05) is 17.9 Å². The molecule has 3 rings (SSSR count). The zero-order valence-electron chi connectivity index (χ0n) is 16.4. The number of nitrogens with zero attached hydrogens (tertiary/aromatic N) is 1. The SMILES string of the molecule is CCOc1ccc(C(=O)NC(=NC[C@@H]2CCCO2)Nc2ccccc2C)cc1. The van der Waals surface area contributed by atoms with Crippen LogP contribution in [0.4, 0.5) is 5.69 Å². The van der Waals surface area contributed by atoms with Crippen molar-refractivity contribution >= 4 is 17.6 Å². The summed E-state index contributed by atoms with van der Waals surface area (Å²) in [5.41, 5.74) is 2.52. The second-order valence-corrected chi connectivity index (χ2v) is 6.68. The molecular weight excluding hydrogens is 354 g/mol. The van der Waals surface area contributed by atoms with E-state index in [1.54, 1.807) is 24.3 Å². The van der Waals surface area contributed by atoms with Crippen LogP contribution in [0.2, 0.25) is 0 Å². The number of aryl methyl sites for hydroxylation is 1. The predicted molar refractivity (Wildman–Crippen MR) is 111 cm³/mol. The fourth-order valence-electron chi connectivity index (χ4n) is 2.98. The van der Waals surface area contributed by atoms with Gasteiger partial charge in [0.25, 0.3) is 5.91 Å². The zero-order chi connectivity index (χ0) is 19.8. The molecule has 0 unspecified atom stereocenters. The van der Waals surface area contributed by atoms with Crippen LogP contribution >= 0.6 is 0 Å². The van der Waals surface area contributed by atoms with E-state index in [-0.39, 0.29) is 12.0 Å². The lowest BCUT2D eigenvalue weighted by Gasteiger charge is -2.15. The Morgan fingerprint density at radius 2 is 2.00 bits per heavy atom. The number of hydrogen-bond donors (Lipinski definition) is 2. The monoisotopic (exact) mass is 381 g/mol. The lowest BCUT2D eigenvalue weighted by Crippen LogP contribution is -2.37. The van der Waals surface area contributed by atoms with Gasteiger partial charge in [0.05, 0.1) is 19.3 Å². The molecule has 1 fully saturated rings. The number of carbonyl (C=O) groups is 1. The Bertz CT molecular complexity index is 812. The number of benzene rings is 2. The summed E-state index contributed by atoms with van der Waals surface area (Å²) < 4.78 is 11.1. The van der Waals surface area contributed by atoms with Gasteiger partial charge in [-0.2, -0.15) is 0 Å². The number of aliphatic imine (C=N–C) groups is 1. The highest BCUT2D eigenvalue weighted by atomic mass is 16.5. The van der Waals surface area contributed by atoms with Crippen molar-refractivity contribution in [3.8, 4) is 5.75 Å². The standard InChI is InChI=1S/C22H27N3O3/c1-3-27-18-12-10-17(11-13-18)21(26)25-22(23-15-19-8-6-14-28-19)24-20-9-5-4-7-16(20)2/h4-5,7,9-13,19H,3,6,8,14-15H2,1-2H3,(H2,23,24,25,26)/t19-/m0/s1. The molecule has 0 bridgehead atoms. The average molecular weight is 381 g/mol. The molecule has 2 N–H and O–H groups in total. The molecule has 0 saturated carbocycles. The molecule has 1 amide bonds.